The molecule has 0 aliphatic carbocycles. The Labute approximate surface area is 289 Å². The van der Waals surface area contributed by atoms with Crippen LogP contribution in [0.2, 0.25) is 0 Å². The van der Waals surface area contributed by atoms with E-state index in [1.165, 1.54) is 16.7 Å². The maximum Gasteiger partial charge on any atom is 0.0774 e. The van der Waals surface area contributed by atoms with Crippen LogP contribution in [0.15, 0.2) is 150 Å². The van der Waals surface area contributed by atoms with Gasteiger partial charge in [-0.1, -0.05) is 109 Å². The Morgan fingerprint density at radius 3 is 2.23 bits per heavy atom. The SMILES string of the molecule is CC(C)Cc1ccc2c(-c3nc4ccccc4n3-c3ccc(-c4ccccc4)cc3)[c-]oc2c1.[Ir].[c-]1ccccc1-c1ccccn1. The van der Waals surface area contributed by atoms with Gasteiger partial charge in [0.2, 0.25) is 0 Å². The topological polar surface area (TPSA) is 43.9 Å². The molecule has 3 aromatic heterocycles. The van der Waals surface area contributed by atoms with Crippen molar-refractivity contribution in [2.24, 2.45) is 5.92 Å². The fraction of sp³-hybridized carbons (Fsp3) is 0.0952. The van der Waals surface area contributed by atoms with E-state index < -0.39 is 0 Å². The van der Waals surface area contributed by atoms with Crippen molar-refractivity contribution in [3.8, 4) is 39.5 Å². The van der Waals surface area contributed by atoms with E-state index >= 15 is 0 Å². The molecule has 5 heteroatoms. The zero-order chi connectivity index (χ0) is 31.3. The van der Waals surface area contributed by atoms with Gasteiger partial charge in [0.05, 0.1) is 16.9 Å². The summed E-state index contributed by atoms with van der Waals surface area (Å²) in [6, 6.07) is 50.6. The number of aromatic nitrogens is 3. The van der Waals surface area contributed by atoms with Crippen molar-refractivity contribution >= 4 is 22.0 Å². The van der Waals surface area contributed by atoms with Crippen LogP contribution in [0.25, 0.3) is 61.5 Å². The van der Waals surface area contributed by atoms with Crippen LogP contribution in [-0.4, -0.2) is 14.5 Å². The molecule has 0 bridgehead atoms. The van der Waals surface area contributed by atoms with E-state index in [9.17, 15) is 0 Å². The quantitative estimate of drug-likeness (QED) is 0.158. The molecule has 4 nitrogen and oxygen atoms in total. The van der Waals surface area contributed by atoms with E-state index in [4.69, 9.17) is 9.40 Å². The molecule has 8 rings (SSSR count). The van der Waals surface area contributed by atoms with Gasteiger partial charge in [-0.05, 0) is 59.5 Å². The molecule has 0 fully saturated rings. The summed E-state index contributed by atoms with van der Waals surface area (Å²) < 4.78 is 8.11. The van der Waals surface area contributed by atoms with Crippen molar-refractivity contribution in [1.82, 2.24) is 14.5 Å². The second-order valence-corrected chi connectivity index (χ2v) is 11.7. The first kappa shape index (κ1) is 31.9. The number of benzene rings is 5. The maximum atomic E-state index is 5.91. The number of furan rings is 1. The Bertz CT molecular complexity index is 2150. The minimum Gasteiger partial charge on any atom is -0.557 e. The molecule has 0 N–H and O–H groups in total. The van der Waals surface area contributed by atoms with E-state index in [2.05, 4.69) is 121 Å². The minimum atomic E-state index is 0. The van der Waals surface area contributed by atoms with Gasteiger partial charge in [-0.15, -0.1) is 42.0 Å². The number of pyridine rings is 1. The Balaban J connectivity index is 0.000000250. The van der Waals surface area contributed by atoms with Crippen LogP contribution in [0.5, 0.6) is 0 Å². The average molecular weight is 788 g/mol. The van der Waals surface area contributed by atoms with Crippen molar-refractivity contribution in [2.45, 2.75) is 20.3 Å². The molecule has 8 aromatic rings. The summed E-state index contributed by atoms with van der Waals surface area (Å²) in [7, 11) is 0. The molecule has 233 valence electrons. The van der Waals surface area contributed by atoms with E-state index in [1.807, 2.05) is 54.6 Å². The van der Waals surface area contributed by atoms with Crippen LogP contribution < -0.4 is 0 Å². The summed E-state index contributed by atoms with van der Waals surface area (Å²) in [6.07, 6.45) is 5.97. The zero-order valence-corrected chi connectivity index (χ0v) is 28.6. The number of rotatable bonds is 6. The standard InChI is InChI=1S/C31H25N2O.C11H8N.Ir/c1-21(2)18-22-12-17-26-27(20-34-30(26)19-22)31-32-28-10-6-7-11-29(28)33(31)25-15-13-24(14-16-25)23-8-4-3-5-9-23;1-2-6-10(7-3-1)11-8-4-5-9-12-11;/h3-17,19,21H,18H2,1-2H3;1-6,8-9H;/q2*-1;. The third-order valence-electron chi connectivity index (χ3n) is 7.89. The second kappa shape index (κ2) is 14.6. The fourth-order valence-electron chi connectivity index (χ4n) is 5.75. The molecule has 0 unspecified atom stereocenters. The minimum absolute atomic E-state index is 0. The number of para-hydroxylation sites is 2. The number of hydrogen-bond acceptors (Lipinski definition) is 3. The Morgan fingerprint density at radius 2 is 1.49 bits per heavy atom. The maximum absolute atomic E-state index is 5.91. The first-order chi connectivity index (χ1) is 22.6. The van der Waals surface area contributed by atoms with Gasteiger partial charge >= 0.3 is 0 Å². The number of fused-ring (bicyclic) bond motifs is 2. The van der Waals surface area contributed by atoms with Gasteiger partial charge in [0.1, 0.15) is 0 Å². The molecule has 0 saturated carbocycles. The van der Waals surface area contributed by atoms with Crippen LogP contribution in [-0.2, 0) is 26.5 Å². The summed E-state index contributed by atoms with van der Waals surface area (Å²) in [6.45, 7) is 4.46. The van der Waals surface area contributed by atoms with Gasteiger partial charge < -0.3 is 14.0 Å². The Morgan fingerprint density at radius 1 is 0.745 bits per heavy atom. The first-order valence-corrected chi connectivity index (χ1v) is 15.6. The fourth-order valence-corrected chi connectivity index (χ4v) is 5.75. The van der Waals surface area contributed by atoms with Crippen molar-refractivity contribution in [1.29, 1.82) is 0 Å². The van der Waals surface area contributed by atoms with E-state index in [-0.39, 0.29) is 20.1 Å². The third-order valence-corrected chi connectivity index (χ3v) is 7.89. The smallest absolute Gasteiger partial charge is 0.0774 e. The summed E-state index contributed by atoms with van der Waals surface area (Å²) in [5.74, 6) is 1.43. The van der Waals surface area contributed by atoms with Crippen molar-refractivity contribution in [3.05, 3.63) is 164 Å². The Hall–Kier alpha value is -5.09. The van der Waals surface area contributed by atoms with Crippen molar-refractivity contribution in [2.75, 3.05) is 0 Å². The molecular weight excluding hydrogens is 755 g/mol. The van der Waals surface area contributed by atoms with Gasteiger partial charge in [-0.2, -0.15) is 0 Å². The monoisotopic (exact) mass is 788 g/mol. The second-order valence-electron chi connectivity index (χ2n) is 11.7. The van der Waals surface area contributed by atoms with Gasteiger partial charge in [-0.25, -0.2) is 0 Å². The van der Waals surface area contributed by atoms with Crippen LogP contribution in [0.3, 0.4) is 0 Å². The van der Waals surface area contributed by atoms with Gasteiger partial charge in [0, 0.05) is 43.8 Å². The van der Waals surface area contributed by atoms with Crippen LogP contribution >= 0.6 is 0 Å². The van der Waals surface area contributed by atoms with E-state index in [1.54, 1.807) is 6.20 Å². The normalized spacial score (nSPS) is 10.9. The largest absolute Gasteiger partial charge is 0.557 e. The molecule has 3 heterocycles. The third kappa shape index (κ3) is 7.02. The number of imidazole rings is 1. The van der Waals surface area contributed by atoms with E-state index in [0.29, 0.717) is 5.92 Å². The van der Waals surface area contributed by atoms with Gasteiger partial charge in [-0.3, -0.25) is 4.98 Å². The zero-order valence-electron chi connectivity index (χ0n) is 26.2. The Kier molecular flexibility index (Phi) is 9.87. The molecule has 0 atom stereocenters. The predicted molar refractivity (Wildman–Crippen MR) is 188 cm³/mol. The summed E-state index contributed by atoms with van der Waals surface area (Å²) in [5, 5.41) is 1.03. The number of nitrogens with zero attached hydrogens (tertiary/aromatic N) is 3. The van der Waals surface area contributed by atoms with Crippen molar-refractivity contribution < 1.29 is 24.5 Å². The first-order valence-electron chi connectivity index (χ1n) is 15.6. The van der Waals surface area contributed by atoms with Crippen LogP contribution in [0.1, 0.15) is 19.4 Å². The van der Waals surface area contributed by atoms with Gasteiger partial charge in [0.15, 0.2) is 0 Å². The molecule has 0 aliphatic rings. The van der Waals surface area contributed by atoms with E-state index in [0.717, 1.165) is 56.8 Å². The average Bonchev–Trinajstić information content (AvgIpc) is 3.71. The van der Waals surface area contributed by atoms with Crippen LogP contribution in [0.4, 0.5) is 0 Å². The predicted octanol–water partition coefficient (Wildman–Crippen LogP) is 10.7. The number of hydrogen-bond donors (Lipinski definition) is 0. The molecule has 0 amide bonds. The summed E-state index contributed by atoms with van der Waals surface area (Å²) >= 11 is 0. The van der Waals surface area contributed by atoms with Crippen LogP contribution in [0, 0.1) is 18.2 Å². The van der Waals surface area contributed by atoms with Crippen molar-refractivity contribution in [3.63, 3.8) is 0 Å². The molecule has 1 radical (unpaired) electrons. The molecule has 0 spiro atoms. The van der Waals surface area contributed by atoms with Gasteiger partial charge in [0.25, 0.3) is 0 Å². The summed E-state index contributed by atoms with van der Waals surface area (Å²) in [4.78, 5) is 9.22. The summed E-state index contributed by atoms with van der Waals surface area (Å²) in [5.41, 5.74) is 10.5. The molecule has 47 heavy (non-hydrogen) atoms. The molecular formula is C42H33IrN3O-2. The molecule has 0 aliphatic heterocycles. The molecule has 5 aromatic carbocycles. The molecule has 0 saturated heterocycles.